The normalized spacial score (nSPS) is 9.27. The van der Waals surface area contributed by atoms with Crippen molar-refractivity contribution < 1.29 is 19.4 Å². The van der Waals surface area contributed by atoms with Gasteiger partial charge in [0, 0.05) is 0 Å². The van der Waals surface area contributed by atoms with E-state index in [-0.39, 0.29) is 0 Å². The number of halogens is 1. The van der Waals surface area contributed by atoms with E-state index >= 15 is 0 Å². The van der Waals surface area contributed by atoms with Crippen LogP contribution in [0.5, 0.6) is 0 Å². The maximum absolute atomic E-state index is 4.22. The van der Waals surface area contributed by atoms with Gasteiger partial charge in [0.2, 0.25) is 0 Å². The predicted molar refractivity (Wildman–Crippen MR) is 51.7 cm³/mol. The molecule has 0 aromatic heterocycles. The van der Waals surface area contributed by atoms with Gasteiger partial charge in [-0.15, -0.1) is 0 Å². The van der Waals surface area contributed by atoms with Crippen molar-refractivity contribution in [1.29, 1.82) is 0 Å². The van der Waals surface area contributed by atoms with Gasteiger partial charge in [0.25, 0.3) is 0 Å². The summed E-state index contributed by atoms with van der Waals surface area (Å²) in [7, 11) is 0. The molecule has 0 heterocycles. The van der Waals surface area contributed by atoms with Crippen molar-refractivity contribution in [3.63, 3.8) is 0 Å². The van der Waals surface area contributed by atoms with Crippen LogP contribution in [0.1, 0.15) is 11.1 Å². The molecule has 0 N–H and O–H groups in total. The Morgan fingerprint density at radius 1 is 1.27 bits per heavy atom. The molecule has 0 unspecified atom stereocenters. The molecule has 0 aliphatic carbocycles. The van der Waals surface area contributed by atoms with Gasteiger partial charge in [0.1, 0.15) is 0 Å². The Morgan fingerprint density at radius 2 is 1.73 bits per heavy atom. The monoisotopic (exact) mass is 343 g/mol. The number of nitrogens with zero attached hydrogens (tertiary/aromatic N) is 1. The fourth-order valence-corrected chi connectivity index (χ4v) is 2.69. The first-order valence-corrected chi connectivity index (χ1v) is 5.23. The minimum atomic E-state index is 1.13. The fraction of sp³-hybridized carbons (Fsp3) is 0.250. The maximum atomic E-state index is 4.22. The summed E-state index contributed by atoms with van der Waals surface area (Å²) in [4.78, 5) is 0. The average Bonchev–Trinajstić information content (AvgIpc) is 1.85. The van der Waals surface area contributed by atoms with E-state index < -0.39 is 0 Å². The second kappa shape index (κ2) is 3.84. The van der Waals surface area contributed by atoms with Crippen molar-refractivity contribution in [3.05, 3.63) is 30.1 Å². The molecule has 0 amide bonds. The van der Waals surface area contributed by atoms with E-state index in [2.05, 4.69) is 51.9 Å². The van der Waals surface area contributed by atoms with Crippen molar-refractivity contribution in [2.24, 2.45) is 0 Å². The molecule has 1 aromatic carbocycles. The van der Waals surface area contributed by atoms with Gasteiger partial charge >= 0.3 is 91.7 Å². The second-order valence-corrected chi connectivity index (χ2v) is 4.17. The third kappa shape index (κ3) is 2.14. The Labute approximate surface area is 91.1 Å². The molecule has 1 aromatic rings. The zero-order valence-electron chi connectivity index (χ0n) is 6.39. The summed E-state index contributed by atoms with van der Waals surface area (Å²) in [5.41, 5.74) is 3.66. The van der Waals surface area contributed by atoms with E-state index in [1.54, 1.807) is 19.4 Å². The van der Waals surface area contributed by atoms with Gasteiger partial charge in [-0.1, -0.05) is 0 Å². The van der Waals surface area contributed by atoms with Crippen molar-refractivity contribution in [3.8, 4) is 0 Å². The van der Waals surface area contributed by atoms with Gasteiger partial charge in [-0.2, -0.15) is 0 Å². The van der Waals surface area contributed by atoms with E-state index in [1.165, 1.54) is 14.7 Å². The summed E-state index contributed by atoms with van der Waals surface area (Å²) in [6, 6.07) is 4.30. The van der Waals surface area contributed by atoms with E-state index in [4.69, 9.17) is 0 Å². The molecular weight excluding hydrogens is 333 g/mol. The van der Waals surface area contributed by atoms with Crippen molar-refractivity contribution in [1.82, 2.24) is 0 Å². The molecule has 0 saturated carbocycles. The van der Waals surface area contributed by atoms with Crippen LogP contribution in [0.15, 0.2) is 12.1 Å². The summed E-state index contributed by atoms with van der Waals surface area (Å²) in [6.07, 6.45) is 0. The minimum absolute atomic E-state index is 1.13. The molecule has 0 bridgehead atoms. The molecule has 57 valence electrons. The van der Waals surface area contributed by atoms with Crippen LogP contribution in [0, 0.1) is 17.4 Å². The first-order valence-electron chi connectivity index (χ1n) is 3.25. The molecule has 0 fully saturated rings. The molecule has 0 spiro atoms. The first-order chi connectivity index (χ1) is 5.15. The molecule has 0 aliphatic heterocycles. The van der Waals surface area contributed by atoms with Gasteiger partial charge in [-0.25, -0.2) is 0 Å². The summed E-state index contributed by atoms with van der Waals surface area (Å²) >= 11 is 4.09. The van der Waals surface area contributed by atoms with E-state index in [0.29, 0.717) is 0 Å². The topological polar surface area (TPSA) is 4.36 Å². The predicted octanol–water partition coefficient (Wildman–Crippen LogP) is 3.38. The Balaban J connectivity index is 3.40. The Bertz CT molecular complexity index is 304. The van der Waals surface area contributed by atoms with Crippen molar-refractivity contribution >= 4 is 28.3 Å². The fourth-order valence-electron chi connectivity index (χ4n) is 1.05. The molecule has 0 saturated heterocycles. The van der Waals surface area contributed by atoms with Crippen LogP contribution in [0.2, 0.25) is 0 Å². The van der Waals surface area contributed by atoms with Crippen LogP contribution in [-0.4, -0.2) is 0 Å². The summed E-state index contributed by atoms with van der Waals surface area (Å²) in [5, 5.41) is 0. The van der Waals surface area contributed by atoms with Crippen molar-refractivity contribution in [2.75, 3.05) is 0 Å². The zero-order chi connectivity index (χ0) is 8.43. The third-order valence-corrected chi connectivity index (χ3v) is 2.62. The van der Waals surface area contributed by atoms with E-state index in [0.717, 1.165) is 5.69 Å². The SMILES string of the molecule is Cc1cc(I)cc(C)c1[N+]#[Mo]. The number of rotatable bonds is 0. The number of hydrogen-bond donors (Lipinski definition) is 0. The molecular formula is C8H8IMoN+. The van der Waals surface area contributed by atoms with E-state index in [1.807, 2.05) is 0 Å². The second-order valence-electron chi connectivity index (χ2n) is 2.48. The Kier molecular flexibility index (Phi) is 3.29. The molecule has 3 heteroatoms. The van der Waals surface area contributed by atoms with Crippen LogP contribution in [0.4, 0.5) is 5.69 Å². The van der Waals surface area contributed by atoms with Gasteiger partial charge in [0.15, 0.2) is 0 Å². The summed E-state index contributed by atoms with van der Waals surface area (Å²) in [5.74, 6) is 0. The first kappa shape index (κ1) is 9.44. The van der Waals surface area contributed by atoms with Crippen LogP contribution < -0.4 is 0 Å². The Hall–Kier alpha value is 0.348. The molecule has 0 atom stereocenters. The van der Waals surface area contributed by atoms with Gasteiger partial charge in [0.05, 0.1) is 0 Å². The number of hydrogen-bond acceptors (Lipinski definition) is 0. The van der Waals surface area contributed by atoms with Crippen molar-refractivity contribution in [2.45, 2.75) is 13.8 Å². The number of benzene rings is 1. The van der Waals surface area contributed by atoms with E-state index in [9.17, 15) is 0 Å². The molecule has 11 heavy (non-hydrogen) atoms. The molecule has 0 radical (unpaired) electrons. The zero-order valence-corrected chi connectivity index (χ0v) is 10.6. The quantitative estimate of drug-likeness (QED) is 0.504. The van der Waals surface area contributed by atoms with Crippen LogP contribution >= 0.6 is 22.6 Å². The van der Waals surface area contributed by atoms with Gasteiger partial charge in [-0.05, 0) is 0 Å². The summed E-state index contributed by atoms with van der Waals surface area (Å²) in [6.45, 7) is 4.19. The van der Waals surface area contributed by atoms with Gasteiger partial charge < -0.3 is 0 Å². The standard InChI is InChI=1S/C8H8IN.Mo/c1-5-3-7(9)4-6(2)8(5)10;/h3-4H,1-2H3;/q+1;. The molecule has 1 rings (SSSR count). The summed E-state index contributed by atoms with van der Waals surface area (Å²) < 4.78 is 5.50. The Morgan fingerprint density at radius 3 is 2.09 bits per heavy atom. The van der Waals surface area contributed by atoms with Crippen LogP contribution in [0.3, 0.4) is 0 Å². The van der Waals surface area contributed by atoms with Gasteiger partial charge in [-0.3, -0.25) is 0 Å². The third-order valence-electron chi connectivity index (χ3n) is 1.55. The molecule has 1 nitrogen and oxygen atoms in total. The van der Waals surface area contributed by atoms with Crippen LogP contribution in [-0.2, 0) is 19.4 Å². The number of aryl methyl sites for hydroxylation is 2. The van der Waals surface area contributed by atoms with Crippen LogP contribution in [0.25, 0.3) is 3.31 Å². The molecule has 0 aliphatic rings. The average molecular weight is 341 g/mol.